The van der Waals surface area contributed by atoms with Gasteiger partial charge in [-0.15, -0.1) is 0 Å². The molecule has 0 atom stereocenters. The Labute approximate surface area is 118 Å². The van der Waals surface area contributed by atoms with E-state index in [9.17, 15) is 4.79 Å². The predicted octanol–water partition coefficient (Wildman–Crippen LogP) is 0.819. The number of nitrogens with zero attached hydrogens (tertiary/aromatic N) is 2. The van der Waals surface area contributed by atoms with E-state index in [1.165, 1.54) is 0 Å². The number of amides is 1. The molecule has 0 aliphatic heterocycles. The van der Waals surface area contributed by atoms with Crippen molar-refractivity contribution in [3.05, 3.63) is 35.4 Å². The van der Waals surface area contributed by atoms with E-state index in [-0.39, 0.29) is 11.7 Å². The summed E-state index contributed by atoms with van der Waals surface area (Å²) in [7, 11) is 3.42. The SMILES string of the molecule is COCCCN(C)C(=O)Cc1ccc(C(N)=NO)cc1. The number of nitrogens with two attached hydrogens (primary N) is 1. The van der Waals surface area contributed by atoms with E-state index in [4.69, 9.17) is 15.7 Å². The van der Waals surface area contributed by atoms with E-state index < -0.39 is 0 Å². The monoisotopic (exact) mass is 279 g/mol. The molecule has 0 aliphatic carbocycles. The van der Waals surface area contributed by atoms with Crippen molar-refractivity contribution in [3.63, 3.8) is 0 Å². The first-order valence-corrected chi connectivity index (χ1v) is 6.38. The Kier molecular flexibility index (Phi) is 6.52. The molecule has 0 saturated heterocycles. The maximum absolute atomic E-state index is 12.0. The van der Waals surface area contributed by atoms with Crippen molar-refractivity contribution in [1.29, 1.82) is 0 Å². The van der Waals surface area contributed by atoms with Crippen LogP contribution in [0.1, 0.15) is 17.5 Å². The third-order valence-corrected chi connectivity index (χ3v) is 2.98. The van der Waals surface area contributed by atoms with Crippen molar-refractivity contribution in [2.45, 2.75) is 12.8 Å². The van der Waals surface area contributed by atoms with E-state index in [1.807, 2.05) is 0 Å². The van der Waals surface area contributed by atoms with Crippen molar-refractivity contribution in [2.75, 3.05) is 27.3 Å². The molecule has 6 nitrogen and oxygen atoms in total. The number of methoxy groups -OCH3 is 1. The van der Waals surface area contributed by atoms with Gasteiger partial charge in [0, 0.05) is 32.9 Å². The molecule has 0 aromatic heterocycles. The van der Waals surface area contributed by atoms with Crippen LogP contribution in [0.4, 0.5) is 0 Å². The van der Waals surface area contributed by atoms with Crippen molar-refractivity contribution < 1.29 is 14.7 Å². The minimum absolute atomic E-state index is 0.0534. The molecule has 3 N–H and O–H groups in total. The molecular formula is C14H21N3O3. The number of amidine groups is 1. The summed E-state index contributed by atoms with van der Waals surface area (Å²) >= 11 is 0. The number of ether oxygens (including phenoxy) is 1. The van der Waals surface area contributed by atoms with Gasteiger partial charge < -0.3 is 20.6 Å². The second-order valence-corrected chi connectivity index (χ2v) is 4.52. The molecule has 1 rings (SSSR count). The van der Waals surface area contributed by atoms with Crippen LogP contribution < -0.4 is 5.73 Å². The molecule has 0 saturated carbocycles. The highest BCUT2D eigenvalue weighted by Gasteiger charge is 2.09. The average Bonchev–Trinajstić information content (AvgIpc) is 2.47. The van der Waals surface area contributed by atoms with Gasteiger partial charge >= 0.3 is 0 Å². The zero-order valence-electron chi connectivity index (χ0n) is 11.9. The fraction of sp³-hybridized carbons (Fsp3) is 0.429. The zero-order valence-corrected chi connectivity index (χ0v) is 11.9. The zero-order chi connectivity index (χ0) is 15.0. The smallest absolute Gasteiger partial charge is 0.226 e. The number of carbonyl (C=O) groups excluding carboxylic acids is 1. The minimum atomic E-state index is 0.0534. The number of carbonyl (C=O) groups is 1. The van der Waals surface area contributed by atoms with Crippen LogP contribution in [-0.2, 0) is 16.0 Å². The van der Waals surface area contributed by atoms with Crippen LogP contribution in [-0.4, -0.2) is 49.2 Å². The van der Waals surface area contributed by atoms with E-state index in [0.29, 0.717) is 25.1 Å². The molecule has 0 fully saturated rings. The van der Waals surface area contributed by atoms with Crippen molar-refractivity contribution >= 4 is 11.7 Å². The lowest BCUT2D eigenvalue weighted by atomic mass is 10.1. The maximum Gasteiger partial charge on any atom is 0.226 e. The quantitative estimate of drug-likeness (QED) is 0.254. The van der Waals surface area contributed by atoms with Gasteiger partial charge in [-0.1, -0.05) is 29.4 Å². The molecule has 110 valence electrons. The largest absolute Gasteiger partial charge is 0.409 e. The molecule has 0 radical (unpaired) electrons. The third kappa shape index (κ3) is 4.89. The number of hydrogen-bond acceptors (Lipinski definition) is 4. The van der Waals surface area contributed by atoms with Crippen LogP contribution >= 0.6 is 0 Å². The van der Waals surface area contributed by atoms with Crippen LogP contribution in [0.2, 0.25) is 0 Å². The number of rotatable bonds is 7. The third-order valence-electron chi connectivity index (χ3n) is 2.98. The lowest BCUT2D eigenvalue weighted by molar-refractivity contribution is -0.129. The first kappa shape index (κ1) is 16.0. The molecular weight excluding hydrogens is 258 g/mol. The van der Waals surface area contributed by atoms with Gasteiger partial charge in [-0.3, -0.25) is 4.79 Å². The van der Waals surface area contributed by atoms with Crippen molar-refractivity contribution in [2.24, 2.45) is 10.9 Å². The summed E-state index contributed by atoms with van der Waals surface area (Å²) in [6.45, 7) is 1.32. The summed E-state index contributed by atoms with van der Waals surface area (Å²) in [5.74, 6) is 0.109. The summed E-state index contributed by atoms with van der Waals surface area (Å²) in [6, 6.07) is 7.05. The molecule has 0 bridgehead atoms. The first-order chi connectivity index (χ1) is 9.58. The van der Waals surface area contributed by atoms with E-state index in [1.54, 1.807) is 43.3 Å². The number of oxime groups is 1. The Balaban J connectivity index is 2.53. The van der Waals surface area contributed by atoms with Crippen molar-refractivity contribution in [1.82, 2.24) is 4.90 Å². The summed E-state index contributed by atoms with van der Waals surface area (Å²) in [5, 5.41) is 11.5. The average molecular weight is 279 g/mol. The highest BCUT2D eigenvalue weighted by atomic mass is 16.5. The normalized spacial score (nSPS) is 11.4. The van der Waals surface area contributed by atoms with Crippen LogP contribution in [0.25, 0.3) is 0 Å². The van der Waals surface area contributed by atoms with E-state index in [0.717, 1.165) is 12.0 Å². The van der Waals surface area contributed by atoms with Crippen LogP contribution in [0, 0.1) is 0 Å². The summed E-state index contributed by atoms with van der Waals surface area (Å²) < 4.78 is 4.96. The van der Waals surface area contributed by atoms with Crippen LogP contribution in [0.3, 0.4) is 0 Å². The molecule has 0 aliphatic rings. The lowest BCUT2D eigenvalue weighted by Gasteiger charge is -2.17. The Morgan fingerprint density at radius 3 is 2.60 bits per heavy atom. The van der Waals surface area contributed by atoms with Gasteiger partial charge in [0.1, 0.15) is 0 Å². The minimum Gasteiger partial charge on any atom is -0.409 e. The topological polar surface area (TPSA) is 88.2 Å². The number of benzene rings is 1. The summed E-state index contributed by atoms with van der Waals surface area (Å²) in [4.78, 5) is 13.7. The highest BCUT2D eigenvalue weighted by Crippen LogP contribution is 2.06. The molecule has 6 heteroatoms. The number of likely N-dealkylation sites (N-methyl/N-ethyl adjacent to an activating group) is 1. The van der Waals surface area contributed by atoms with Gasteiger partial charge in [0.25, 0.3) is 0 Å². The molecule has 20 heavy (non-hydrogen) atoms. The predicted molar refractivity (Wildman–Crippen MR) is 76.8 cm³/mol. The molecule has 1 aromatic rings. The van der Waals surface area contributed by atoms with Gasteiger partial charge in [0.2, 0.25) is 5.91 Å². The van der Waals surface area contributed by atoms with Crippen LogP contribution in [0.15, 0.2) is 29.4 Å². The van der Waals surface area contributed by atoms with Gasteiger partial charge in [-0.25, -0.2) is 0 Å². The van der Waals surface area contributed by atoms with Crippen LogP contribution in [0.5, 0.6) is 0 Å². The second kappa shape index (κ2) is 8.16. The van der Waals surface area contributed by atoms with E-state index >= 15 is 0 Å². The van der Waals surface area contributed by atoms with Gasteiger partial charge in [-0.2, -0.15) is 0 Å². The molecule has 1 amide bonds. The standard InChI is InChI=1S/C14H21N3O3/c1-17(8-3-9-20-2)13(18)10-11-4-6-12(7-5-11)14(15)16-19/h4-7,19H,3,8-10H2,1-2H3,(H2,15,16). The second-order valence-electron chi connectivity index (χ2n) is 4.52. The van der Waals surface area contributed by atoms with Gasteiger partial charge in [0.05, 0.1) is 6.42 Å². The fourth-order valence-electron chi connectivity index (χ4n) is 1.73. The number of hydrogen-bond donors (Lipinski definition) is 2. The summed E-state index contributed by atoms with van der Waals surface area (Å²) in [6.07, 6.45) is 1.15. The molecule has 1 aromatic carbocycles. The van der Waals surface area contributed by atoms with E-state index in [2.05, 4.69) is 5.16 Å². The first-order valence-electron chi connectivity index (χ1n) is 6.38. The molecule has 0 heterocycles. The fourth-order valence-corrected chi connectivity index (χ4v) is 1.73. The molecule has 0 unspecified atom stereocenters. The summed E-state index contributed by atoms with van der Waals surface area (Å²) in [5.41, 5.74) is 6.99. The Bertz CT molecular complexity index is 457. The van der Waals surface area contributed by atoms with Gasteiger partial charge in [0.15, 0.2) is 5.84 Å². The lowest BCUT2D eigenvalue weighted by Crippen LogP contribution is -2.29. The van der Waals surface area contributed by atoms with Crippen molar-refractivity contribution in [3.8, 4) is 0 Å². The molecule has 0 spiro atoms. The maximum atomic E-state index is 12.0. The Morgan fingerprint density at radius 2 is 2.05 bits per heavy atom. The Hall–Kier alpha value is -2.08. The van der Waals surface area contributed by atoms with Gasteiger partial charge in [-0.05, 0) is 12.0 Å². The highest BCUT2D eigenvalue weighted by molar-refractivity contribution is 5.97. The Morgan fingerprint density at radius 1 is 1.40 bits per heavy atom.